The molecule has 2 aliphatic heterocycles. The van der Waals surface area contributed by atoms with Gasteiger partial charge >= 0.3 is 5.97 Å². The van der Waals surface area contributed by atoms with Crippen molar-refractivity contribution < 1.29 is 19.1 Å². The van der Waals surface area contributed by atoms with Crippen molar-refractivity contribution in [1.82, 2.24) is 20.3 Å². The number of esters is 1. The number of benzene rings is 1. The van der Waals surface area contributed by atoms with Crippen LogP contribution in [-0.4, -0.2) is 92.0 Å². The molecule has 0 bridgehead atoms. The zero-order chi connectivity index (χ0) is 25.0. The van der Waals surface area contributed by atoms with Gasteiger partial charge in [0.2, 0.25) is 0 Å². The van der Waals surface area contributed by atoms with E-state index in [-0.39, 0.29) is 11.9 Å². The van der Waals surface area contributed by atoms with Crippen LogP contribution in [0, 0.1) is 0 Å². The summed E-state index contributed by atoms with van der Waals surface area (Å²) in [6.07, 6.45) is 4.12. The lowest BCUT2D eigenvalue weighted by Crippen LogP contribution is -2.56. The number of nitrogens with one attached hydrogen (secondary N) is 1. The molecule has 1 aromatic heterocycles. The topological polar surface area (TPSA) is 87.2 Å². The van der Waals surface area contributed by atoms with Crippen molar-refractivity contribution in [3.8, 4) is 11.3 Å². The number of aromatic nitrogens is 1. The first-order valence-electron chi connectivity index (χ1n) is 12.9. The van der Waals surface area contributed by atoms with Crippen LogP contribution >= 0.6 is 11.3 Å². The first-order chi connectivity index (χ1) is 17.6. The van der Waals surface area contributed by atoms with Crippen molar-refractivity contribution in [3.63, 3.8) is 0 Å². The molecule has 10 heteroatoms. The molecule has 2 saturated heterocycles. The van der Waals surface area contributed by atoms with Crippen molar-refractivity contribution in [2.45, 2.75) is 37.6 Å². The number of methoxy groups -OCH3 is 1. The van der Waals surface area contributed by atoms with Crippen molar-refractivity contribution in [2.24, 2.45) is 0 Å². The number of nitrogens with zero attached hydrogens (tertiary/aromatic N) is 4. The Morgan fingerprint density at radius 3 is 2.31 bits per heavy atom. The normalized spacial score (nSPS) is 21.2. The van der Waals surface area contributed by atoms with Gasteiger partial charge in [-0.1, -0.05) is 31.4 Å². The van der Waals surface area contributed by atoms with Gasteiger partial charge in [0.05, 0.1) is 26.0 Å². The second-order valence-electron chi connectivity index (χ2n) is 9.69. The lowest BCUT2D eigenvalue weighted by molar-refractivity contribution is -0.149. The van der Waals surface area contributed by atoms with Gasteiger partial charge in [-0.3, -0.25) is 4.79 Å². The highest BCUT2D eigenvalue weighted by Crippen LogP contribution is 2.31. The van der Waals surface area contributed by atoms with Gasteiger partial charge in [-0.15, -0.1) is 11.3 Å². The van der Waals surface area contributed by atoms with E-state index in [1.54, 1.807) is 23.5 Å². The predicted molar refractivity (Wildman–Crippen MR) is 139 cm³/mol. The van der Waals surface area contributed by atoms with Crippen LogP contribution in [0.1, 0.15) is 42.5 Å². The van der Waals surface area contributed by atoms with Crippen LogP contribution < -0.4 is 10.2 Å². The minimum Gasteiger partial charge on any atom is -0.467 e. The Labute approximate surface area is 216 Å². The van der Waals surface area contributed by atoms with E-state index >= 15 is 0 Å². The van der Waals surface area contributed by atoms with Gasteiger partial charge in [-0.25, -0.2) is 19.8 Å². The lowest BCUT2D eigenvalue weighted by Gasteiger charge is -2.42. The number of carbonyl (C=O) groups excluding carboxylic acids is 2. The maximum absolute atomic E-state index is 13.0. The smallest absolute Gasteiger partial charge is 0.331 e. The summed E-state index contributed by atoms with van der Waals surface area (Å²) in [6, 6.07) is 7.46. The summed E-state index contributed by atoms with van der Waals surface area (Å²) in [7, 11) is 1.38. The molecule has 194 valence electrons. The molecule has 0 unspecified atom stereocenters. The third-order valence-electron chi connectivity index (χ3n) is 7.49. The molecule has 36 heavy (non-hydrogen) atoms. The molecule has 1 aliphatic carbocycles. The van der Waals surface area contributed by atoms with Crippen molar-refractivity contribution in [3.05, 3.63) is 35.2 Å². The van der Waals surface area contributed by atoms with Crippen LogP contribution in [-0.2, 0) is 14.3 Å². The van der Waals surface area contributed by atoms with Crippen LogP contribution in [0.4, 0.5) is 5.13 Å². The van der Waals surface area contributed by atoms with Crippen molar-refractivity contribution in [2.75, 3.05) is 64.5 Å². The Hall–Kier alpha value is -2.53. The monoisotopic (exact) mass is 513 g/mol. The standard InChI is InChI=1S/C26H35N5O4S/c1-34-24(33)26(9-3-2-4-10-26)28-23(32)21-7-5-20(6-8-21)22-19-36-25(27-22)29-11-13-30(14-12-29)31-15-17-35-18-16-31/h5-8,19H,2-4,9-18H2,1H3,(H,28,32). The Balaban J connectivity index is 1.20. The fourth-order valence-electron chi connectivity index (χ4n) is 5.36. The molecule has 0 radical (unpaired) electrons. The van der Waals surface area contributed by atoms with Crippen molar-refractivity contribution >= 4 is 28.3 Å². The summed E-state index contributed by atoms with van der Waals surface area (Å²) in [4.78, 5) is 32.7. The molecular formula is C26H35N5O4S. The second-order valence-corrected chi connectivity index (χ2v) is 10.5. The molecular weight excluding hydrogens is 478 g/mol. The summed E-state index contributed by atoms with van der Waals surface area (Å²) in [5, 5.41) is 10.9. The van der Waals surface area contributed by atoms with Crippen LogP contribution in [0.2, 0.25) is 0 Å². The number of hydrogen-bond acceptors (Lipinski definition) is 9. The molecule has 0 atom stereocenters. The van der Waals surface area contributed by atoms with E-state index in [0.717, 1.165) is 88.1 Å². The summed E-state index contributed by atoms with van der Waals surface area (Å²) in [5.74, 6) is -0.598. The van der Waals surface area contributed by atoms with Crippen molar-refractivity contribution in [1.29, 1.82) is 0 Å². The quantitative estimate of drug-likeness (QED) is 0.590. The summed E-state index contributed by atoms with van der Waals surface area (Å²) < 4.78 is 10.5. The van der Waals surface area contributed by atoms with E-state index in [1.807, 2.05) is 12.1 Å². The molecule has 3 aliphatic rings. The van der Waals surface area contributed by atoms with Gasteiger partial charge in [-0.2, -0.15) is 0 Å². The molecule has 5 rings (SSSR count). The van der Waals surface area contributed by atoms with Crippen LogP contribution in [0.15, 0.2) is 29.6 Å². The predicted octanol–water partition coefficient (Wildman–Crippen LogP) is 2.79. The average molecular weight is 514 g/mol. The van der Waals surface area contributed by atoms with Crippen LogP contribution in [0.5, 0.6) is 0 Å². The Morgan fingerprint density at radius 2 is 1.64 bits per heavy atom. The molecule has 1 aromatic carbocycles. The van der Waals surface area contributed by atoms with Gasteiger partial charge in [0.25, 0.3) is 5.91 Å². The highest BCUT2D eigenvalue weighted by Gasteiger charge is 2.42. The summed E-state index contributed by atoms with van der Waals surface area (Å²) in [6.45, 7) is 7.44. The van der Waals surface area contributed by atoms with Gasteiger partial charge in [0.1, 0.15) is 5.54 Å². The number of rotatable bonds is 6. The number of hydrogen-bond donors (Lipinski definition) is 1. The van der Waals surface area contributed by atoms with E-state index in [0.29, 0.717) is 18.4 Å². The van der Waals surface area contributed by atoms with Crippen LogP contribution in [0.3, 0.4) is 0 Å². The summed E-state index contributed by atoms with van der Waals surface area (Å²) in [5.41, 5.74) is 1.50. The fourth-order valence-corrected chi connectivity index (χ4v) is 6.25. The molecule has 0 spiro atoms. The highest BCUT2D eigenvalue weighted by atomic mass is 32.1. The molecule has 1 N–H and O–H groups in total. The number of thiazole rings is 1. The molecule has 9 nitrogen and oxygen atoms in total. The third-order valence-corrected chi connectivity index (χ3v) is 8.39. The van der Waals surface area contributed by atoms with Gasteiger partial charge < -0.3 is 19.7 Å². The van der Waals surface area contributed by atoms with E-state index < -0.39 is 5.54 Å². The number of anilines is 1. The van der Waals surface area contributed by atoms with E-state index in [2.05, 4.69) is 25.6 Å². The van der Waals surface area contributed by atoms with Gasteiger partial charge in [0.15, 0.2) is 5.13 Å². The molecule has 3 heterocycles. The largest absolute Gasteiger partial charge is 0.467 e. The highest BCUT2D eigenvalue weighted by molar-refractivity contribution is 7.14. The van der Waals surface area contributed by atoms with E-state index in [4.69, 9.17) is 14.5 Å². The lowest BCUT2D eigenvalue weighted by atomic mass is 9.81. The maximum atomic E-state index is 13.0. The van der Waals surface area contributed by atoms with Gasteiger partial charge in [-0.05, 0) is 25.0 Å². The first-order valence-corrected chi connectivity index (χ1v) is 13.8. The Morgan fingerprint density at radius 1 is 0.972 bits per heavy atom. The number of amides is 1. The van der Waals surface area contributed by atoms with E-state index in [1.165, 1.54) is 7.11 Å². The number of morpholine rings is 1. The molecule has 1 amide bonds. The minimum absolute atomic E-state index is 0.244. The van der Waals surface area contributed by atoms with E-state index in [9.17, 15) is 9.59 Å². The SMILES string of the molecule is COC(=O)C1(NC(=O)c2ccc(-c3csc(N4CCN(N5CCOCC5)CC4)n3)cc2)CCCCC1. The second kappa shape index (κ2) is 11.2. The molecule has 3 fully saturated rings. The first kappa shape index (κ1) is 25.1. The maximum Gasteiger partial charge on any atom is 0.331 e. The zero-order valence-electron chi connectivity index (χ0n) is 20.9. The van der Waals surface area contributed by atoms with Crippen LogP contribution in [0.25, 0.3) is 11.3 Å². The fraction of sp³-hybridized carbons (Fsp3) is 0.577. The number of carbonyl (C=O) groups is 2. The number of ether oxygens (including phenoxy) is 2. The Kier molecular flexibility index (Phi) is 7.85. The molecule has 2 aromatic rings. The molecule has 1 saturated carbocycles. The third kappa shape index (κ3) is 5.41. The number of piperazine rings is 1. The zero-order valence-corrected chi connectivity index (χ0v) is 21.7. The minimum atomic E-state index is -0.918. The summed E-state index contributed by atoms with van der Waals surface area (Å²) >= 11 is 1.66. The average Bonchev–Trinajstić information content (AvgIpc) is 3.44. The van der Waals surface area contributed by atoms with Gasteiger partial charge in [0, 0.05) is 55.8 Å². The number of hydrazine groups is 1. The Bertz CT molecular complexity index is 1040.